The molecule has 0 unspecified atom stereocenters. The summed E-state index contributed by atoms with van der Waals surface area (Å²) in [5.41, 5.74) is 3.20. The molecular weight excluding hydrogens is 402 g/mol. The van der Waals surface area contributed by atoms with Crippen LogP contribution in [0.25, 0.3) is 0 Å². The minimum atomic E-state index is -4.44. The molecule has 3 rings (SSSR count). The van der Waals surface area contributed by atoms with Gasteiger partial charge in [-0.15, -0.1) is 0 Å². The highest BCUT2D eigenvalue weighted by molar-refractivity contribution is 5.81. The Balaban J connectivity index is 1.61. The number of hydrazone groups is 1. The van der Waals surface area contributed by atoms with Crippen molar-refractivity contribution >= 4 is 12.0 Å². The molecule has 9 heteroatoms. The number of hydrogen-bond donors (Lipinski definition) is 1. The first-order valence-electron chi connectivity index (χ1n) is 8.73. The van der Waals surface area contributed by atoms with Crippen molar-refractivity contribution in [3.63, 3.8) is 0 Å². The average molecular weight is 419 g/mol. The second-order valence-electron chi connectivity index (χ2n) is 6.13. The number of halogens is 4. The maximum atomic E-state index is 13.0. The summed E-state index contributed by atoms with van der Waals surface area (Å²) < 4.78 is 61.6. The van der Waals surface area contributed by atoms with E-state index in [2.05, 4.69) is 15.5 Å². The van der Waals surface area contributed by atoms with E-state index in [4.69, 9.17) is 9.47 Å². The Morgan fingerprint density at radius 3 is 2.43 bits per heavy atom. The van der Waals surface area contributed by atoms with E-state index < -0.39 is 11.7 Å². The number of methoxy groups -OCH3 is 1. The van der Waals surface area contributed by atoms with Gasteiger partial charge >= 0.3 is 6.18 Å². The highest BCUT2D eigenvalue weighted by atomic mass is 19.4. The number of benzene rings is 2. The smallest absolute Gasteiger partial charge is 0.417 e. The fourth-order valence-corrected chi connectivity index (χ4v) is 2.43. The Kier molecular flexibility index (Phi) is 6.51. The second kappa shape index (κ2) is 9.25. The van der Waals surface area contributed by atoms with E-state index in [0.717, 1.165) is 17.8 Å². The van der Waals surface area contributed by atoms with Crippen LogP contribution in [0, 0.1) is 5.82 Å². The molecule has 2 aromatic carbocycles. The van der Waals surface area contributed by atoms with Crippen molar-refractivity contribution < 1.29 is 27.0 Å². The molecule has 1 heterocycles. The van der Waals surface area contributed by atoms with Crippen molar-refractivity contribution in [2.24, 2.45) is 5.10 Å². The van der Waals surface area contributed by atoms with Crippen LogP contribution < -0.4 is 14.9 Å². The Bertz CT molecular complexity index is 1000. The Morgan fingerprint density at radius 1 is 1.03 bits per heavy atom. The molecule has 0 aliphatic carbocycles. The number of nitrogens with zero attached hydrogens (tertiary/aromatic N) is 2. The van der Waals surface area contributed by atoms with Gasteiger partial charge in [0.1, 0.15) is 18.2 Å². The van der Waals surface area contributed by atoms with Crippen LogP contribution in [0.2, 0.25) is 0 Å². The molecule has 0 saturated carbocycles. The van der Waals surface area contributed by atoms with Crippen molar-refractivity contribution in [2.45, 2.75) is 12.8 Å². The van der Waals surface area contributed by atoms with Crippen LogP contribution in [-0.2, 0) is 12.8 Å². The minimum Gasteiger partial charge on any atom is -0.493 e. The predicted octanol–water partition coefficient (Wildman–Crippen LogP) is 5.27. The molecule has 5 nitrogen and oxygen atoms in total. The third kappa shape index (κ3) is 5.69. The van der Waals surface area contributed by atoms with Gasteiger partial charge in [0.2, 0.25) is 0 Å². The zero-order valence-corrected chi connectivity index (χ0v) is 15.8. The summed E-state index contributed by atoms with van der Waals surface area (Å²) in [7, 11) is 1.49. The van der Waals surface area contributed by atoms with Gasteiger partial charge in [-0.05, 0) is 53.6 Å². The molecule has 0 saturated heterocycles. The monoisotopic (exact) mass is 419 g/mol. The van der Waals surface area contributed by atoms with Gasteiger partial charge in [0, 0.05) is 6.20 Å². The van der Waals surface area contributed by atoms with Gasteiger partial charge in [0.25, 0.3) is 0 Å². The fourth-order valence-electron chi connectivity index (χ4n) is 2.43. The first-order valence-corrected chi connectivity index (χ1v) is 8.73. The molecule has 0 amide bonds. The molecule has 0 bridgehead atoms. The third-order valence-corrected chi connectivity index (χ3v) is 3.98. The summed E-state index contributed by atoms with van der Waals surface area (Å²) in [5, 5.41) is 3.96. The fraction of sp³-hybridized carbons (Fsp3) is 0.143. The molecule has 0 atom stereocenters. The van der Waals surface area contributed by atoms with E-state index in [1.165, 1.54) is 31.5 Å². The Labute approximate surface area is 170 Å². The largest absolute Gasteiger partial charge is 0.493 e. The molecule has 0 fully saturated rings. The van der Waals surface area contributed by atoms with Gasteiger partial charge in [0.15, 0.2) is 11.5 Å². The molecule has 1 aromatic heterocycles. The van der Waals surface area contributed by atoms with Crippen LogP contribution in [0.15, 0.2) is 65.9 Å². The molecule has 0 radical (unpaired) electrons. The zero-order valence-electron chi connectivity index (χ0n) is 15.8. The van der Waals surface area contributed by atoms with Crippen LogP contribution in [-0.4, -0.2) is 18.3 Å². The lowest BCUT2D eigenvalue weighted by molar-refractivity contribution is -0.137. The molecule has 0 aliphatic rings. The first kappa shape index (κ1) is 21.1. The molecule has 1 N–H and O–H groups in total. The standard InChI is InChI=1S/C21H17F4N3O2/c1-29-19-10-15(4-8-18(19)30-13-14-2-6-17(22)7-3-14)11-27-28-20-9-5-16(12-26-20)21(23,24)25/h2-12H,13H2,1H3,(H,26,28)/b27-11-. The first-order chi connectivity index (χ1) is 14.3. The number of hydrogen-bond acceptors (Lipinski definition) is 5. The minimum absolute atomic E-state index is 0.172. The number of rotatable bonds is 7. The third-order valence-electron chi connectivity index (χ3n) is 3.98. The van der Waals surface area contributed by atoms with E-state index in [-0.39, 0.29) is 18.2 Å². The van der Waals surface area contributed by atoms with Crippen LogP contribution in [0.3, 0.4) is 0 Å². The molecule has 0 spiro atoms. The molecule has 156 valence electrons. The number of nitrogens with one attached hydrogen (secondary N) is 1. The average Bonchev–Trinajstić information content (AvgIpc) is 2.73. The number of alkyl halides is 3. The summed E-state index contributed by atoms with van der Waals surface area (Å²) in [6, 6.07) is 13.2. The predicted molar refractivity (Wildman–Crippen MR) is 104 cm³/mol. The summed E-state index contributed by atoms with van der Waals surface area (Å²) in [6.07, 6.45) is -2.24. The van der Waals surface area contributed by atoms with E-state index in [0.29, 0.717) is 17.1 Å². The van der Waals surface area contributed by atoms with Crippen LogP contribution in [0.4, 0.5) is 23.4 Å². The highest BCUT2D eigenvalue weighted by Gasteiger charge is 2.30. The number of aromatic nitrogens is 1. The maximum absolute atomic E-state index is 13.0. The summed E-state index contributed by atoms with van der Waals surface area (Å²) >= 11 is 0. The van der Waals surface area contributed by atoms with E-state index in [1.807, 2.05) is 0 Å². The number of ether oxygens (including phenoxy) is 2. The van der Waals surface area contributed by atoms with Crippen LogP contribution in [0.1, 0.15) is 16.7 Å². The molecular formula is C21H17F4N3O2. The summed E-state index contributed by atoms with van der Waals surface area (Å²) in [4.78, 5) is 3.67. The van der Waals surface area contributed by atoms with Gasteiger partial charge in [-0.2, -0.15) is 18.3 Å². The number of anilines is 1. The van der Waals surface area contributed by atoms with Gasteiger partial charge in [-0.1, -0.05) is 12.1 Å². The van der Waals surface area contributed by atoms with Gasteiger partial charge in [-0.3, -0.25) is 5.43 Å². The summed E-state index contributed by atoms with van der Waals surface area (Å²) in [6.45, 7) is 0.241. The summed E-state index contributed by atoms with van der Waals surface area (Å²) in [5.74, 6) is 0.815. The van der Waals surface area contributed by atoms with Gasteiger partial charge < -0.3 is 9.47 Å². The van der Waals surface area contributed by atoms with E-state index in [1.54, 1.807) is 30.3 Å². The highest BCUT2D eigenvalue weighted by Crippen LogP contribution is 2.29. The SMILES string of the molecule is COc1cc(/C=N\Nc2ccc(C(F)(F)F)cn2)ccc1OCc1ccc(F)cc1. The Hall–Kier alpha value is -3.62. The lowest BCUT2D eigenvalue weighted by atomic mass is 10.2. The van der Waals surface area contributed by atoms with Crippen molar-refractivity contribution in [3.05, 3.63) is 83.3 Å². The van der Waals surface area contributed by atoms with Crippen LogP contribution >= 0.6 is 0 Å². The molecule has 30 heavy (non-hydrogen) atoms. The van der Waals surface area contributed by atoms with Crippen molar-refractivity contribution in [1.29, 1.82) is 0 Å². The maximum Gasteiger partial charge on any atom is 0.417 e. The van der Waals surface area contributed by atoms with Gasteiger partial charge in [0.05, 0.1) is 18.9 Å². The lowest BCUT2D eigenvalue weighted by Crippen LogP contribution is -2.05. The molecule has 0 aliphatic heterocycles. The zero-order chi connectivity index (χ0) is 21.6. The lowest BCUT2D eigenvalue weighted by Gasteiger charge is -2.11. The van der Waals surface area contributed by atoms with Crippen LogP contribution in [0.5, 0.6) is 11.5 Å². The number of pyridine rings is 1. The quantitative estimate of drug-likeness (QED) is 0.322. The van der Waals surface area contributed by atoms with Crippen molar-refractivity contribution in [3.8, 4) is 11.5 Å². The van der Waals surface area contributed by atoms with Crippen molar-refractivity contribution in [2.75, 3.05) is 12.5 Å². The van der Waals surface area contributed by atoms with E-state index >= 15 is 0 Å². The normalized spacial score (nSPS) is 11.5. The topological polar surface area (TPSA) is 55.7 Å². The molecule has 3 aromatic rings. The Morgan fingerprint density at radius 2 is 1.80 bits per heavy atom. The second-order valence-corrected chi connectivity index (χ2v) is 6.13. The van der Waals surface area contributed by atoms with Crippen molar-refractivity contribution in [1.82, 2.24) is 4.98 Å². The van der Waals surface area contributed by atoms with Gasteiger partial charge in [-0.25, -0.2) is 9.37 Å². The van der Waals surface area contributed by atoms with E-state index in [9.17, 15) is 17.6 Å².